The van der Waals surface area contributed by atoms with Gasteiger partial charge in [0.15, 0.2) is 0 Å². The number of hydrogen-bond donors (Lipinski definition) is 2. The summed E-state index contributed by atoms with van der Waals surface area (Å²) in [6, 6.07) is 30.0. The molecule has 0 aliphatic carbocycles. The molecule has 2 aliphatic rings. The molecule has 0 atom stereocenters. The largest absolute Gasteiger partial charge is 2.00 e. The van der Waals surface area contributed by atoms with Gasteiger partial charge in [-0.3, -0.25) is 4.57 Å². The van der Waals surface area contributed by atoms with Crippen molar-refractivity contribution in [3.05, 3.63) is 158 Å². The summed E-state index contributed by atoms with van der Waals surface area (Å²) in [6.07, 6.45) is 8.24. The minimum absolute atomic E-state index is 0. The molecule has 61 heavy (non-hydrogen) atoms. The van der Waals surface area contributed by atoms with Gasteiger partial charge in [0.05, 0.1) is 28.1 Å². The van der Waals surface area contributed by atoms with E-state index >= 15 is 0 Å². The van der Waals surface area contributed by atoms with E-state index in [1.807, 2.05) is 24.3 Å². The molecule has 7 nitrogen and oxygen atoms in total. The summed E-state index contributed by atoms with van der Waals surface area (Å²) in [5.41, 5.74) is 22.8. The number of rotatable bonds is 5. The maximum Gasteiger partial charge on any atom is 2.00 e. The summed E-state index contributed by atoms with van der Waals surface area (Å²) in [4.78, 5) is 41.7. The van der Waals surface area contributed by atoms with Gasteiger partial charge in [-0.2, -0.15) is 0 Å². The van der Waals surface area contributed by atoms with Crippen molar-refractivity contribution in [3.8, 4) is 44.5 Å². The average molecular weight is 870 g/mol. The molecular weight excluding hydrogens is 825 g/mol. The molecule has 3 aromatic heterocycles. The van der Waals surface area contributed by atoms with Gasteiger partial charge in [-0.15, -0.1) is 22.1 Å². The third-order valence-corrected chi connectivity index (χ3v) is 12.6. The van der Waals surface area contributed by atoms with Crippen LogP contribution in [0.4, 0.5) is 0 Å². The van der Waals surface area contributed by atoms with Crippen LogP contribution < -0.4 is 15.3 Å². The molecule has 5 heterocycles. The van der Waals surface area contributed by atoms with Gasteiger partial charge < -0.3 is 19.8 Å². The zero-order valence-electron chi connectivity index (χ0n) is 35.7. The van der Waals surface area contributed by atoms with E-state index in [0.29, 0.717) is 11.2 Å². The number of hydrogen-bond acceptors (Lipinski definition) is 3. The van der Waals surface area contributed by atoms with Crippen molar-refractivity contribution in [1.29, 1.82) is 0 Å². The molecule has 0 unspecified atom stereocenters. The van der Waals surface area contributed by atoms with Crippen LogP contribution in [-0.2, 0) is 24.0 Å². The molecule has 0 saturated carbocycles. The molecule has 0 amide bonds. The normalized spacial score (nSPS) is 12.2. The molecule has 2 N–H and O–H groups in total. The summed E-state index contributed by atoms with van der Waals surface area (Å²) >= 11 is 0. The van der Waals surface area contributed by atoms with Crippen LogP contribution in [0.3, 0.4) is 0 Å². The van der Waals surface area contributed by atoms with Gasteiger partial charge in [0, 0.05) is 0 Å². The van der Waals surface area contributed by atoms with Gasteiger partial charge in [-0.25, -0.2) is 9.97 Å². The summed E-state index contributed by atoms with van der Waals surface area (Å²) in [7, 11) is -4.47. The fraction of sp³-hybridized carbons (Fsp3) is 0.154. The maximum absolute atomic E-state index is 12.2. The molecule has 7 aromatic rings. The Bertz CT molecular complexity index is 3190. The SMILES string of the molecule is Cc1ccc(-c2c3nc(c(-c4ccc(P(=O)(O)O)cc4)c4ccc([n-]4)c(-c4c(C)cc(C)cc4C)c4nc(c(-c5c(C)cc(C)cc5C)c5ccc2[n-]5)C=C4)C=C3)c(C)c1.[Zn+2]. The van der Waals surface area contributed by atoms with Crippen LogP contribution in [0.1, 0.15) is 67.3 Å². The standard InChI is InChI=1S/C52H45N4O3P.Zn/c1-28-9-14-38(31(4)23-28)50-41-17-15-39(53-41)49(36-10-12-37(13-11-36)60(57,58)59)40-16-19-43(54-40)51(47-32(5)24-29(2)25-33(47)6)45-21-22-46(56-45)52(44-20-18-42(50)55-44)48-34(7)26-30(3)27-35(48)8;/h9-27H,1-8H3,(H2,57,58,59);/q-2;+2. The Morgan fingerprint density at radius 1 is 0.426 bits per heavy atom. The van der Waals surface area contributed by atoms with Crippen LogP contribution in [0.25, 0.3) is 90.9 Å². The minimum atomic E-state index is -4.47. The van der Waals surface area contributed by atoms with Gasteiger partial charge in [0.25, 0.3) is 0 Å². The summed E-state index contributed by atoms with van der Waals surface area (Å²) in [6.45, 7) is 17.1. The van der Waals surface area contributed by atoms with E-state index in [9.17, 15) is 14.4 Å². The van der Waals surface area contributed by atoms with Crippen LogP contribution in [0.5, 0.6) is 0 Å². The molecule has 9 heteroatoms. The third kappa shape index (κ3) is 7.64. The van der Waals surface area contributed by atoms with Gasteiger partial charge in [-0.1, -0.05) is 95.6 Å². The van der Waals surface area contributed by atoms with Crippen LogP contribution in [0.2, 0.25) is 0 Å². The molecule has 0 spiro atoms. The van der Waals surface area contributed by atoms with Crippen molar-refractivity contribution < 1.29 is 33.8 Å². The molecule has 0 saturated heterocycles. The first-order valence-corrected chi connectivity index (χ1v) is 21.7. The quantitative estimate of drug-likeness (QED) is 0.131. The second-order valence-electron chi connectivity index (χ2n) is 16.3. The van der Waals surface area contributed by atoms with Crippen molar-refractivity contribution in [2.45, 2.75) is 55.4 Å². The molecule has 0 radical (unpaired) electrons. The van der Waals surface area contributed by atoms with E-state index in [1.165, 1.54) is 23.3 Å². The average Bonchev–Trinajstić information content (AvgIpc) is 4.01. The Morgan fingerprint density at radius 3 is 1.23 bits per heavy atom. The molecular formula is C52H45N4O3PZn. The Morgan fingerprint density at radius 2 is 0.803 bits per heavy atom. The van der Waals surface area contributed by atoms with Crippen LogP contribution in [0.15, 0.2) is 91.0 Å². The van der Waals surface area contributed by atoms with Gasteiger partial charge >= 0.3 is 27.1 Å². The van der Waals surface area contributed by atoms with Crippen LogP contribution in [0, 0.1) is 55.4 Å². The second-order valence-corrected chi connectivity index (χ2v) is 17.9. The summed E-state index contributed by atoms with van der Waals surface area (Å²) in [5, 5.41) is -0.0536. The van der Waals surface area contributed by atoms with Crippen molar-refractivity contribution >= 4 is 59.3 Å². The molecule has 298 valence electrons. The van der Waals surface area contributed by atoms with E-state index in [-0.39, 0.29) is 24.8 Å². The number of nitrogens with zero attached hydrogens (tertiary/aromatic N) is 4. The Kier molecular flexibility index (Phi) is 11.0. The number of fused-ring (bicyclic) bond motifs is 8. The first kappa shape index (κ1) is 42.0. The van der Waals surface area contributed by atoms with E-state index in [2.05, 4.69) is 122 Å². The van der Waals surface area contributed by atoms with E-state index in [0.717, 1.165) is 112 Å². The predicted molar refractivity (Wildman–Crippen MR) is 248 cm³/mol. The summed E-state index contributed by atoms with van der Waals surface area (Å²) in [5.74, 6) is 0. The molecule has 4 aromatic carbocycles. The Hall–Kier alpha value is -5.75. The first-order valence-electron chi connectivity index (χ1n) is 20.1. The molecule has 2 aliphatic heterocycles. The van der Waals surface area contributed by atoms with Crippen molar-refractivity contribution in [2.75, 3.05) is 0 Å². The van der Waals surface area contributed by atoms with Crippen molar-refractivity contribution in [2.24, 2.45) is 0 Å². The number of aromatic nitrogens is 4. The topological polar surface area (TPSA) is 112 Å². The smallest absolute Gasteiger partial charge is 0.657 e. The van der Waals surface area contributed by atoms with Crippen molar-refractivity contribution in [3.63, 3.8) is 0 Å². The van der Waals surface area contributed by atoms with Gasteiger partial charge in [0.2, 0.25) is 0 Å². The minimum Gasteiger partial charge on any atom is -0.657 e. The van der Waals surface area contributed by atoms with Crippen molar-refractivity contribution in [1.82, 2.24) is 19.9 Å². The predicted octanol–water partition coefficient (Wildman–Crippen LogP) is 11.8. The number of benzene rings is 4. The van der Waals surface area contributed by atoms with E-state index in [1.54, 1.807) is 12.1 Å². The second kappa shape index (κ2) is 15.9. The number of aryl methyl sites for hydroxylation is 8. The fourth-order valence-electron chi connectivity index (χ4n) is 9.24. The van der Waals surface area contributed by atoms with Gasteiger partial charge in [-0.05, 0) is 164 Å². The monoisotopic (exact) mass is 868 g/mol. The fourth-order valence-corrected chi connectivity index (χ4v) is 9.77. The Labute approximate surface area is 369 Å². The van der Waals surface area contributed by atoms with E-state index in [4.69, 9.17) is 19.9 Å². The third-order valence-electron chi connectivity index (χ3n) is 11.6. The van der Waals surface area contributed by atoms with Gasteiger partial charge in [0.1, 0.15) is 0 Å². The molecule has 0 fully saturated rings. The van der Waals surface area contributed by atoms with E-state index < -0.39 is 7.60 Å². The zero-order chi connectivity index (χ0) is 42.2. The molecule has 9 rings (SSSR count). The Balaban J connectivity index is 0.00000514. The van der Waals surface area contributed by atoms with Crippen LogP contribution >= 0.6 is 7.60 Å². The van der Waals surface area contributed by atoms with Crippen LogP contribution in [-0.4, -0.2) is 19.8 Å². The molecule has 8 bridgehead atoms. The maximum atomic E-state index is 12.2. The summed E-state index contributed by atoms with van der Waals surface area (Å²) < 4.78 is 12.2. The zero-order valence-corrected chi connectivity index (χ0v) is 39.6. The first-order chi connectivity index (χ1) is 28.6.